The molecule has 1 aromatic heterocycles. The molecule has 2 rings (SSSR count). The van der Waals surface area contributed by atoms with Crippen LogP contribution in [0.4, 0.5) is 0 Å². The van der Waals surface area contributed by atoms with E-state index in [0.29, 0.717) is 0 Å². The lowest BCUT2D eigenvalue weighted by molar-refractivity contribution is -0.123. The van der Waals surface area contributed by atoms with Crippen molar-refractivity contribution in [2.45, 2.75) is 32.9 Å². The van der Waals surface area contributed by atoms with Gasteiger partial charge in [0.1, 0.15) is 6.04 Å². The van der Waals surface area contributed by atoms with E-state index in [1.807, 2.05) is 37.3 Å². The van der Waals surface area contributed by atoms with Gasteiger partial charge in [-0.2, -0.15) is 0 Å². The molecular weight excluding hydrogens is 268 g/mol. The van der Waals surface area contributed by atoms with Gasteiger partial charge in [0.25, 0.3) is 0 Å². The minimum absolute atomic E-state index is 0.0257. The van der Waals surface area contributed by atoms with Gasteiger partial charge in [-0.1, -0.05) is 30.3 Å². The normalized spacial score (nSPS) is 13.8. The molecule has 1 heterocycles. The van der Waals surface area contributed by atoms with Crippen molar-refractivity contribution >= 4 is 17.2 Å². The fourth-order valence-corrected chi connectivity index (χ4v) is 3.30. The molecule has 1 amide bonds. The van der Waals surface area contributed by atoms with Gasteiger partial charge >= 0.3 is 0 Å². The first kappa shape index (κ1) is 14.8. The summed E-state index contributed by atoms with van der Waals surface area (Å²) in [4.78, 5) is 14.7. The molecule has 0 saturated heterocycles. The van der Waals surface area contributed by atoms with E-state index in [0.717, 1.165) is 5.56 Å². The van der Waals surface area contributed by atoms with Gasteiger partial charge in [-0.3, -0.25) is 4.79 Å². The number of benzene rings is 1. The predicted octanol–water partition coefficient (Wildman–Crippen LogP) is 3.24. The number of aryl methyl sites for hydroxylation is 2. The third kappa shape index (κ3) is 3.26. The van der Waals surface area contributed by atoms with E-state index in [4.69, 9.17) is 5.73 Å². The molecule has 0 radical (unpaired) electrons. The Hall–Kier alpha value is -1.65. The quantitative estimate of drug-likeness (QED) is 0.907. The Bertz CT molecular complexity index is 592. The second-order valence-corrected chi connectivity index (χ2v) is 6.45. The Morgan fingerprint density at radius 3 is 2.45 bits per heavy atom. The number of amides is 1. The van der Waals surface area contributed by atoms with Crippen LogP contribution >= 0.6 is 11.3 Å². The lowest BCUT2D eigenvalue weighted by Crippen LogP contribution is -2.35. The molecule has 3 N–H and O–H groups in total. The monoisotopic (exact) mass is 288 g/mol. The van der Waals surface area contributed by atoms with E-state index in [-0.39, 0.29) is 11.9 Å². The van der Waals surface area contributed by atoms with Gasteiger partial charge in [-0.25, -0.2) is 0 Å². The Morgan fingerprint density at radius 1 is 1.25 bits per heavy atom. The molecule has 4 heteroatoms. The Kier molecular flexibility index (Phi) is 4.57. The maximum atomic E-state index is 12.2. The van der Waals surface area contributed by atoms with Crippen LogP contribution in [0.5, 0.6) is 0 Å². The topological polar surface area (TPSA) is 55.1 Å². The summed E-state index contributed by atoms with van der Waals surface area (Å²) < 4.78 is 0. The average molecular weight is 288 g/mol. The number of rotatable bonds is 4. The zero-order chi connectivity index (χ0) is 14.7. The second-order valence-electron chi connectivity index (χ2n) is 4.99. The zero-order valence-corrected chi connectivity index (χ0v) is 12.8. The van der Waals surface area contributed by atoms with Crippen molar-refractivity contribution in [3.63, 3.8) is 0 Å². The highest BCUT2D eigenvalue weighted by Crippen LogP contribution is 2.26. The van der Waals surface area contributed by atoms with E-state index in [1.165, 1.54) is 15.3 Å². The highest BCUT2D eigenvalue weighted by molar-refractivity contribution is 7.12. The molecule has 0 bridgehead atoms. The SMILES string of the molecule is Cc1cc(C(C)NC(=O)[C@@H](N)c2ccccc2)c(C)s1. The molecule has 1 aromatic carbocycles. The fraction of sp³-hybridized carbons (Fsp3) is 0.312. The van der Waals surface area contributed by atoms with E-state index in [9.17, 15) is 4.79 Å². The molecular formula is C16H20N2OS. The van der Waals surface area contributed by atoms with Crippen molar-refractivity contribution in [3.05, 3.63) is 57.3 Å². The first-order chi connectivity index (χ1) is 9.49. The van der Waals surface area contributed by atoms with Crippen LogP contribution in [-0.2, 0) is 4.79 Å². The summed E-state index contributed by atoms with van der Waals surface area (Å²) >= 11 is 1.75. The van der Waals surface area contributed by atoms with E-state index >= 15 is 0 Å². The van der Waals surface area contributed by atoms with Crippen LogP contribution in [0.15, 0.2) is 36.4 Å². The number of thiophene rings is 1. The zero-order valence-electron chi connectivity index (χ0n) is 12.0. The van der Waals surface area contributed by atoms with Gasteiger partial charge < -0.3 is 11.1 Å². The van der Waals surface area contributed by atoms with Crippen LogP contribution in [0.25, 0.3) is 0 Å². The van der Waals surface area contributed by atoms with E-state index in [2.05, 4.69) is 25.2 Å². The average Bonchev–Trinajstić information content (AvgIpc) is 2.78. The molecule has 0 aliphatic heterocycles. The fourth-order valence-electron chi connectivity index (χ4n) is 2.27. The summed E-state index contributed by atoms with van der Waals surface area (Å²) in [6.07, 6.45) is 0. The Balaban J connectivity index is 2.06. The number of carbonyl (C=O) groups excluding carboxylic acids is 1. The van der Waals surface area contributed by atoms with Gasteiger partial charge in [0.15, 0.2) is 0 Å². The minimum atomic E-state index is -0.626. The van der Waals surface area contributed by atoms with Crippen LogP contribution in [0.2, 0.25) is 0 Å². The van der Waals surface area contributed by atoms with Crippen molar-refractivity contribution < 1.29 is 4.79 Å². The summed E-state index contributed by atoms with van der Waals surface area (Å²) in [5.74, 6) is -0.146. The molecule has 0 aliphatic rings. The van der Waals surface area contributed by atoms with Crippen LogP contribution in [0.3, 0.4) is 0 Å². The van der Waals surface area contributed by atoms with Gasteiger partial charge in [0.2, 0.25) is 5.91 Å². The number of nitrogens with one attached hydrogen (secondary N) is 1. The summed E-state index contributed by atoms with van der Waals surface area (Å²) in [6, 6.07) is 10.9. The van der Waals surface area contributed by atoms with Gasteiger partial charge in [-0.15, -0.1) is 11.3 Å². The smallest absolute Gasteiger partial charge is 0.241 e. The summed E-state index contributed by atoms with van der Waals surface area (Å²) in [5.41, 5.74) is 8.00. The van der Waals surface area contributed by atoms with Crippen LogP contribution in [0.1, 0.15) is 39.9 Å². The summed E-state index contributed by atoms with van der Waals surface area (Å²) in [5, 5.41) is 2.99. The minimum Gasteiger partial charge on any atom is -0.348 e. The van der Waals surface area contributed by atoms with Gasteiger partial charge in [0.05, 0.1) is 6.04 Å². The van der Waals surface area contributed by atoms with Gasteiger partial charge in [-0.05, 0) is 38.0 Å². The molecule has 2 atom stereocenters. The highest BCUT2D eigenvalue weighted by atomic mass is 32.1. The second kappa shape index (κ2) is 6.20. The van der Waals surface area contributed by atoms with E-state index in [1.54, 1.807) is 11.3 Å². The lowest BCUT2D eigenvalue weighted by Gasteiger charge is -2.18. The molecule has 2 aromatic rings. The molecule has 106 valence electrons. The first-order valence-corrected chi connectivity index (χ1v) is 7.48. The molecule has 0 aliphatic carbocycles. The van der Waals surface area contributed by atoms with Crippen molar-refractivity contribution in [1.29, 1.82) is 0 Å². The molecule has 0 fully saturated rings. The van der Waals surface area contributed by atoms with Crippen molar-refractivity contribution in [1.82, 2.24) is 5.32 Å². The number of nitrogens with two attached hydrogens (primary N) is 1. The third-order valence-electron chi connectivity index (χ3n) is 3.35. The molecule has 0 spiro atoms. The third-order valence-corrected chi connectivity index (χ3v) is 4.33. The standard InChI is InChI=1S/C16H20N2OS/c1-10-9-14(12(3)20-10)11(2)18-16(19)15(17)13-7-5-4-6-8-13/h4-9,11,15H,17H2,1-3H3,(H,18,19)/t11?,15-/m0/s1. The molecule has 3 nitrogen and oxygen atoms in total. The van der Waals surface area contributed by atoms with Crippen LogP contribution in [-0.4, -0.2) is 5.91 Å². The van der Waals surface area contributed by atoms with Crippen molar-refractivity contribution in [2.75, 3.05) is 0 Å². The number of carbonyl (C=O) groups is 1. The molecule has 0 saturated carbocycles. The van der Waals surface area contributed by atoms with Crippen molar-refractivity contribution in [2.24, 2.45) is 5.73 Å². The lowest BCUT2D eigenvalue weighted by atomic mass is 10.1. The summed E-state index contributed by atoms with van der Waals surface area (Å²) in [6.45, 7) is 6.14. The summed E-state index contributed by atoms with van der Waals surface area (Å²) in [7, 11) is 0. The Labute approximate surface area is 123 Å². The largest absolute Gasteiger partial charge is 0.348 e. The maximum Gasteiger partial charge on any atom is 0.241 e. The van der Waals surface area contributed by atoms with Crippen molar-refractivity contribution in [3.8, 4) is 0 Å². The number of hydrogen-bond donors (Lipinski definition) is 2. The number of hydrogen-bond acceptors (Lipinski definition) is 3. The van der Waals surface area contributed by atoms with Crippen LogP contribution < -0.4 is 11.1 Å². The Morgan fingerprint density at radius 2 is 1.90 bits per heavy atom. The predicted molar refractivity (Wildman–Crippen MR) is 83.7 cm³/mol. The van der Waals surface area contributed by atoms with Gasteiger partial charge in [0, 0.05) is 9.75 Å². The molecule has 1 unspecified atom stereocenters. The maximum absolute atomic E-state index is 12.2. The molecule has 20 heavy (non-hydrogen) atoms. The first-order valence-electron chi connectivity index (χ1n) is 6.67. The van der Waals surface area contributed by atoms with Crippen LogP contribution in [0, 0.1) is 13.8 Å². The highest BCUT2D eigenvalue weighted by Gasteiger charge is 2.19. The van der Waals surface area contributed by atoms with E-state index < -0.39 is 6.04 Å².